The number of rotatable bonds is 4. The van der Waals surface area contributed by atoms with E-state index in [4.69, 9.17) is 4.74 Å². The van der Waals surface area contributed by atoms with Gasteiger partial charge in [-0.2, -0.15) is 0 Å². The summed E-state index contributed by atoms with van der Waals surface area (Å²) in [4.78, 5) is 50.8. The van der Waals surface area contributed by atoms with Crippen molar-refractivity contribution in [1.29, 1.82) is 0 Å². The van der Waals surface area contributed by atoms with Crippen molar-refractivity contribution in [2.45, 2.75) is 13.0 Å². The number of nitrogens with one attached hydrogen (secondary N) is 3. The minimum absolute atomic E-state index is 0.0349. The van der Waals surface area contributed by atoms with E-state index in [1.54, 1.807) is 54.6 Å². The van der Waals surface area contributed by atoms with Crippen molar-refractivity contribution in [3.8, 4) is 0 Å². The van der Waals surface area contributed by atoms with Crippen molar-refractivity contribution in [2.24, 2.45) is 0 Å². The molecule has 0 fully saturated rings. The van der Waals surface area contributed by atoms with E-state index in [2.05, 4.69) is 15.6 Å². The Kier molecular flexibility index (Phi) is 5.50. The summed E-state index contributed by atoms with van der Waals surface area (Å²) in [5.41, 5.74) is 0.548. The van der Waals surface area contributed by atoms with Gasteiger partial charge in [0, 0.05) is 22.7 Å². The van der Waals surface area contributed by atoms with Gasteiger partial charge in [0.2, 0.25) is 5.56 Å². The Hall–Kier alpha value is -3.94. The predicted molar refractivity (Wildman–Crippen MR) is 103 cm³/mol. The number of hydrogen-bond donors (Lipinski definition) is 3. The van der Waals surface area contributed by atoms with E-state index in [0.717, 1.165) is 6.07 Å². The molecule has 28 heavy (non-hydrogen) atoms. The second-order valence-corrected chi connectivity index (χ2v) is 5.95. The number of anilines is 1. The SMILES string of the molecule is CC(OC(=O)c1cc(=O)[nH]c2ccccc12)C(=O)NC(=O)Nc1ccccc1. The molecule has 0 saturated carbocycles. The van der Waals surface area contributed by atoms with Crippen LogP contribution in [0.3, 0.4) is 0 Å². The molecule has 1 heterocycles. The van der Waals surface area contributed by atoms with Gasteiger partial charge in [-0.1, -0.05) is 36.4 Å². The zero-order valence-electron chi connectivity index (χ0n) is 14.9. The number of aromatic nitrogens is 1. The van der Waals surface area contributed by atoms with Gasteiger partial charge in [0.05, 0.1) is 5.56 Å². The Bertz CT molecular complexity index is 1090. The number of fused-ring (bicyclic) bond motifs is 1. The molecule has 1 atom stereocenters. The van der Waals surface area contributed by atoms with Gasteiger partial charge in [-0.3, -0.25) is 14.9 Å². The lowest BCUT2D eigenvalue weighted by Crippen LogP contribution is -2.41. The van der Waals surface area contributed by atoms with E-state index in [1.807, 2.05) is 0 Å². The summed E-state index contributed by atoms with van der Waals surface area (Å²) in [7, 11) is 0. The fourth-order valence-electron chi connectivity index (χ4n) is 2.55. The third kappa shape index (κ3) is 4.42. The highest BCUT2D eigenvalue weighted by atomic mass is 16.5. The molecule has 2 aromatic carbocycles. The molecule has 1 unspecified atom stereocenters. The molecule has 1 aromatic heterocycles. The fourth-order valence-corrected chi connectivity index (χ4v) is 2.55. The highest BCUT2D eigenvalue weighted by molar-refractivity contribution is 6.06. The first-order valence-corrected chi connectivity index (χ1v) is 8.44. The maximum atomic E-state index is 12.4. The molecule has 8 heteroatoms. The first kappa shape index (κ1) is 18.8. The van der Waals surface area contributed by atoms with Crippen LogP contribution >= 0.6 is 0 Å². The van der Waals surface area contributed by atoms with E-state index in [-0.39, 0.29) is 5.56 Å². The summed E-state index contributed by atoms with van der Waals surface area (Å²) in [5.74, 6) is -1.63. The van der Waals surface area contributed by atoms with Crippen LogP contribution in [0, 0.1) is 0 Å². The van der Waals surface area contributed by atoms with Gasteiger partial charge in [0.1, 0.15) is 0 Å². The van der Waals surface area contributed by atoms with Gasteiger partial charge in [-0.25, -0.2) is 9.59 Å². The lowest BCUT2D eigenvalue weighted by molar-refractivity contribution is -0.127. The summed E-state index contributed by atoms with van der Waals surface area (Å²) in [6.07, 6.45) is -1.24. The molecular weight excluding hydrogens is 362 g/mol. The van der Waals surface area contributed by atoms with Crippen molar-refractivity contribution in [1.82, 2.24) is 10.3 Å². The minimum Gasteiger partial charge on any atom is -0.449 e. The van der Waals surface area contributed by atoms with E-state index in [0.29, 0.717) is 16.6 Å². The molecule has 0 saturated heterocycles. The zero-order chi connectivity index (χ0) is 20.1. The van der Waals surface area contributed by atoms with Gasteiger partial charge >= 0.3 is 12.0 Å². The number of esters is 1. The fraction of sp³-hybridized carbons (Fsp3) is 0.100. The summed E-state index contributed by atoms with van der Waals surface area (Å²) in [5, 5.41) is 5.07. The van der Waals surface area contributed by atoms with Gasteiger partial charge in [0.15, 0.2) is 6.10 Å². The second kappa shape index (κ2) is 8.17. The molecule has 0 bridgehead atoms. The Morgan fingerprint density at radius 3 is 2.43 bits per heavy atom. The van der Waals surface area contributed by atoms with Gasteiger partial charge in [-0.05, 0) is 25.1 Å². The first-order valence-electron chi connectivity index (χ1n) is 8.44. The number of benzene rings is 2. The normalized spacial score (nSPS) is 11.5. The predicted octanol–water partition coefficient (Wildman–Crippen LogP) is 2.42. The Balaban J connectivity index is 1.66. The summed E-state index contributed by atoms with van der Waals surface area (Å²) >= 11 is 0. The number of hydrogen-bond acceptors (Lipinski definition) is 5. The molecule has 3 amide bonds. The second-order valence-electron chi connectivity index (χ2n) is 5.95. The monoisotopic (exact) mass is 379 g/mol. The van der Waals surface area contributed by atoms with Crippen LogP contribution in [0.25, 0.3) is 10.9 Å². The number of urea groups is 1. The smallest absolute Gasteiger partial charge is 0.339 e. The number of imide groups is 1. The van der Waals surface area contributed by atoms with Crippen LogP contribution in [0.2, 0.25) is 0 Å². The molecule has 0 spiro atoms. The molecule has 142 valence electrons. The minimum atomic E-state index is -1.24. The number of carbonyl (C=O) groups is 3. The molecule has 0 aliphatic heterocycles. The third-order valence-corrected chi connectivity index (χ3v) is 3.89. The molecule has 0 aliphatic rings. The van der Waals surface area contributed by atoms with Crippen LogP contribution in [-0.2, 0) is 9.53 Å². The first-order chi connectivity index (χ1) is 13.4. The van der Waals surface area contributed by atoms with Crippen LogP contribution in [0.1, 0.15) is 17.3 Å². The molecule has 3 N–H and O–H groups in total. The van der Waals surface area contributed by atoms with Gasteiger partial charge in [0.25, 0.3) is 5.91 Å². The molecular formula is C20H17N3O5. The number of H-pyrrole nitrogens is 1. The molecule has 3 rings (SSSR count). The van der Waals surface area contributed by atoms with Crippen LogP contribution < -0.4 is 16.2 Å². The summed E-state index contributed by atoms with van der Waals surface area (Å²) in [6.45, 7) is 1.33. The molecule has 8 nitrogen and oxygen atoms in total. The largest absolute Gasteiger partial charge is 0.449 e. The van der Waals surface area contributed by atoms with Crippen molar-refractivity contribution in [3.05, 3.63) is 76.6 Å². The number of ether oxygens (including phenoxy) is 1. The van der Waals surface area contributed by atoms with Crippen molar-refractivity contribution >= 4 is 34.5 Å². The van der Waals surface area contributed by atoms with Crippen LogP contribution in [-0.4, -0.2) is 29.0 Å². The van der Waals surface area contributed by atoms with Gasteiger partial charge < -0.3 is 15.0 Å². The molecule has 3 aromatic rings. The molecule has 0 radical (unpaired) electrons. The van der Waals surface area contributed by atoms with Crippen LogP contribution in [0.15, 0.2) is 65.5 Å². The van der Waals surface area contributed by atoms with E-state index in [9.17, 15) is 19.2 Å². The van der Waals surface area contributed by atoms with Crippen LogP contribution in [0.4, 0.5) is 10.5 Å². The Morgan fingerprint density at radius 1 is 1.00 bits per heavy atom. The van der Waals surface area contributed by atoms with Crippen molar-refractivity contribution in [2.75, 3.05) is 5.32 Å². The number of amides is 3. The summed E-state index contributed by atoms with van der Waals surface area (Å²) < 4.78 is 5.13. The lowest BCUT2D eigenvalue weighted by atomic mass is 10.1. The van der Waals surface area contributed by atoms with E-state index >= 15 is 0 Å². The third-order valence-electron chi connectivity index (χ3n) is 3.89. The van der Waals surface area contributed by atoms with Gasteiger partial charge in [-0.15, -0.1) is 0 Å². The highest BCUT2D eigenvalue weighted by Gasteiger charge is 2.22. The maximum Gasteiger partial charge on any atom is 0.339 e. The van der Waals surface area contributed by atoms with Crippen molar-refractivity contribution in [3.63, 3.8) is 0 Å². The van der Waals surface area contributed by atoms with E-state index < -0.39 is 29.6 Å². The quantitative estimate of drug-likeness (QED) is 0.602. The number of carbonyl (C=O) groups excluding carboxylic acids is 3. The average Bonchev–Trinajstić information content (AvgIpc) is 2.67. The number of para-hydroxylation sites is 2. The summed E-state index contributed by atoms with van der Waals surface area (Å²) in [6, 6.07) is 15.7. The Labute approximate surface area is 159 Å². The zero-order valence-corrected chi connectivity index (χ0v) is 14.9. The van der Waals surface area contributed by atoms with E-state index in [1.165, 1.54) is 6.92 Å². The standard InChI is InChI=1S/C20H17N3O5/c1-12(18(25)23-20(27)21-13-7-3-2-4-8-13)28-19(26)15-11-17(24)22-16-10-6-5-9-14(15)16/h2-12H,1H3,(H,22,24)(H2,21,23,25,27). The maximum absolute atomic E-state index is 12.4. The van der Waals surface area contributed by atoms with Crippen molar-refractivity contribution < 1.29 is 19.1 Å². The Morgan fingerprint density at radius 2 is 1.68 bits per heavy atom. The number of aromatic amines is 1. The lowest BCUT2D eigenvalue weighted by Gasteiger charge is -2.14. The molecule has 0 aliphatic carbocycles. The number of pyridine rings is 1. The average molecular weight is 379 g/mol. The highest BCUT2D eigenvalue weighted by Crippen LogP contribution is 2.16. The van der Waals surface area contributed by atoms with Crippen LogP contribution in [0.5, 0.6) is 0 Å². The topological polar surface area (TPSA) is 117 Å².